The van der Waals surface area contributed by atoms with Crippen LogP contribution in [0.15, 0.2) is 18.2 Å². The highest BCUT2D eigenvalue weighted by molar-refractivity contribution is 5.67. The zero-order valence-corrected chi connectivity index (χ0v) is 10.5. The van der Waals surface area contributed by atoms with Gasteiger partial charge in [-0.1, -0.05) is 0 Å². The van der Waals surface area contributed by atoms with Crippen molar-refractivity contribution in [3.63, 3.8) is 0 Å². The lowest BCUT2D eigenvalue weighted by molar-refractivity contribution is 0.355. The van der Waals surface area contributed by atoms with E-state index >= 15 is 0 Å². The molecule has 0 amide bonds. The molecule has 0 fully saturated rings. The number of halogens is 1. The molecule has 6 nitrogen and oxygen atoms in total. The van der Waals surface area contributed by atoms with Gasteiger partial charge in [0.2, 0.25) is 5.95 Å². The normalized spacial score (nSPS) is 10.3. The molecule has 19 heavy (non-hydrogen) atoms. The highest BCUT2D eigenvalue weighted by Crippen LogP contribution is 2.33. The Balaban J connectivity index is 2.59. The first-order chi connectivity index (χ1) is 9.06. The number of rotatable bonds is 3. The number of ether oxygens (including phenoxy) is 2. The maximum absolute atomic E-state index is 13.9. The minimum Gasteiger partial charge on any atom is -0.493 e. The third-order valence-corrected chi connectivity index (χ3v) is 2.55. The average Bonchev–Trinajstić information content (AvgIpc) is 2.42. The fourth-order valence-corrected chi connectivity index (χ4v) is 1.66. The van der Waals surface area contributed by atoms with Gasteiger partial charge in [-0.3, -0.25) is 0 Å². The fourth-order valence-electron chi connectivity index (χ4n) is 1.66. The lowest BCUT2D eigenvalue weighted by Gasteiger charge is -2.10. The molecule has 0 unspecified atom stereocenters. The molecule has 1 heterocycles. The number of aromatic nitrogens is 2. The van der Waals surface area contributed by atoms with Crippen molar-refractivity contribution < 1.29 is 13.9 Å². The van der Waals surface area contributed by atoms with Crippen LogP contribution in [0, 0.1) is 5.82 Å². The highest BCUT2D eigenvalue weighted by atomic mass is 19.1. The maximum Gasteiger partial charge on any atom is 0.222 e. The lowest BCUT2D eigenvalue weighted by atomic mass is 10.1. The van der Waals surface area contributed by atoms with E-state index in [2.05, 4.69) is 9.97 Å². The van der Waals surface area contributed by atoms with E-state index < -0.39 is 5.82 Å². The number of hydrogen-bond donors (Lipinski definition) is 2. The van der Waals surface area contributed by atoms with Gasteiger partial charge in [-0.2, -0.15) is 4.98 Å². The summed E-state index contributed by atoms with van der Waals surface area (Å²) < 4.78 is 24.2. The average molecular weight is 264 g/mol. The van der Waals surface area contributed by atoms with Gasteiger partial charge in [-0.15, -0.1) is 0 Å². The first-order valence-electron chi connectivity index (χ1n) is 5.37. The summed E-state index contributed by atoms with van der Waals surface area (Å²) in [6.07, 6.45) is 0. The molecule has 0 aliphatic heterocycles. The third-order valence-electron chi connectivity index (χ3n) is 2.55. The van der Waals surface area contributed by atoms with Gasteiger partial charge in [-0.05, 0) is 18.2 Å². The van der Waals surface area contributed by atoms with E-state index in [1.807, 2.05) is 0 Å². The van der Waals surface area contributed by atoms with E-state index in [4.69, 9.17) is 20.9 Å². The molecule has 0 bridgehead atoms. The van der Waals surface area contributed by atoms with E-state index in [1.165, 1.54) is 14.2 Å². The summed E-state index contributed by atoms with van der Waals surface area (Å²) >= 11 is 0. The van der Waals surface area contributed by atoms with Crippen LogP contribution in [0.5, 0.6) is 11.5 Å². The van der Waals surface area contributed by atoms with Crippen LogP contribution in [0.4, 0.5) is 16.2 Å². The van der Waals surface area contributed by atoms with Crippen LogP contribution in [0.1, 0.15) is 0 Å². The van der Waals surface area contributed by atoms with E-state index in [0.717, 1.165) is 0 Å². The van der Waals surface area contributed by atoms with Gasteiger partial charge in [0.25, 0.3) is 0 Å². The predicted molar refractivity (Wildman–Crippen MR) is 69.4 cm³/mol. The van der Waals surface area contributed by atoms with Crippen molar-refractivity contribution in [3.8, 4) is 22.8 Å². The Hall–Kier alpha value is -2.57. The van der Waals surface area contributed by atoms with Crippen LogP contribution in [-0.2, 0) is 0 Å². The summed E-state index contributed by atoms with van der Waals surface area (Å²) in [4.78, 5) is 7.40. The van der Waals surface area contributed by atoms with Crippen LogP contribution in [0.25, 0.3) is 11.3 Å². The van der Waals surface area contributed by atoms with Gasteiger partial charge in [0, 0.05) is 5.56 Å². The van der Waals surface area contributed by atoms with Crippen molar-refractivity contribution in [2.45, 2.75) is 0 Å². The summed E-state index contributed by atoms with van der Waals surface area (Å²) in [6.45, 7) is 0. The molecule has 4 N–H and O–H groups in total. The quantitative estimate of drug-likeness (QED) is 0.871. The number of hydrogen-bond acceptors (Lipinski definition) is 6. The second-order valence-electron chi connectivity index (χ2n) is 3.70. The maximum atomic E-state index is 13.9. The monoisotopic (exact) mass is 264 g/mol. The minimum atomic E-state index is -0.721. The first kappa shape index (κ1) is 12.9. The Morgan fingerprint density at radius 3 is 2.37 bits per heavy atom. The molecule has 0 aliphatic rings. The molecule has 0 aliphatic carbocycles. The smallest absolute Gasteiger partial charge is 0.222 e. The van der Waals surface area contributed by atoms with Crippen LogP contribution in [0.2, 0.25) is 0 Å². The molecule has 0 atom stereocenters. The summed E-state index contributed by atoms with van der Waals surface area (Å²) in [6, 6.07) is 4.86. The Kier molecular flexibility index (Phi) is 3.37. The van der Waals surface area contributed by atoms with Crippen LogP contribution in [-0.4, -0.2) is 24.2 Å². The predicted octanol–water partition coefficient (Wildman–Crippen LogP) is 1.46. The van der Waals surface area contributed by atoms with Crippen molar-refractivity contribution in [1.29, 1.82) is 0 Å². The SMILES string of the molecule is COc1ccc(-c2nc(N)nc(N)c2F)cc1OC. The summed E-state index contributed by atoms with van der Waals surface area (Å²) in [5.41, 5.74) is 11.4. The second-order valence-corrected chi connectivity index (χ2v) is 3.70. The number of anilines is 2. The molecule has 0 radical (unpaired) electrons. The highest BCUT2D eigenvalue weighted by Gasteiger charge is 2.15. The Labute approximate surface area is 109 Å². The minimum absolute atomic E-state index is 0.0194. The van der Waals surface area contributed by atoms with Crippen molar-refractivity contribution in [2.24, 2.45) is 0 Å². The van der Waals surface area contributed by atoms with Gasteiger partial charge >= 0.3 is 0 Å². The molecule has 2 aromatic rings. The van der Waals surface area contributed by atoms with Crippen LogP contribution in [0.3, 0.4) is 0 Å². The summed E-state index contributed by atoms with van der Waals surface area (Å²) in [5, 5.41) is 0. The number of nitrogens with zero attached hydrogens (tertiary/aromatic N) is 2. The molecule has 7 heteroatoms. The Morgan fingerprint density at radius 2 is 1.74 bits per heavy atom. The molecular weight excluding hydrogens is 251 g/mol. The zero-order chi connectivity index (χ0) is 14.0. The van der Waals surface area contributed by atoms with E-state index in [0.29, 0.717) is 17.1 Å². The topological polar surface area (TPSA) is 96.3 Å². The van der Waals surface area contributed by atoms with Gasteiger partial charge in [0.05, 0.1) is 14.2 Å². The van der Waals surface area contributed by atoms with Crippen LogP contribution < -0.4 is 20.9 Å². The van der Waals surface area contributed by atoms with Crippen molar-refractivity contribution in [3.05, 3.63) is 24.0 Å². The van der Waals surface area contributed by atoms with E-state index in [1.54, 1.807) is 18.2 Å². The molecule has 0 spiro atoms. The van der Waals surface area contributed by atoms with Gasteiger partial charge < -0.3 is 20.9 Å². The van der Waals surface area contributed by atoms with Crippen molar-refractivity contribution in [1.82, 2.24) is 9.97 Å². The molecular formula is C12H13FN4O2. The van der Waals surface area contributed by atoms with E-state index in [9.17, 15) is 4.39 Å². The van der Waals surface area contributed by atoms with Gasteiger partial charge in [0.15, 0.2) is 23.1 Å². The van der Waals surface area contributed by atoms with Gasteiger partial charge in [0.1, 0.15) is 5.69 Å². The molecule has 1 aromatic heterocycles. The Bertz CT molecular complexity index is 619. The number of nitrogens with two attached hydrogens (primary N) is 2. The molecule has 100 valence electrons. The van der Waals surface area contributed by atoms with Crippen molar-refractivity contribution >= 4 is 11.8 Å². The largest absolute Gasteiger partial charge is 0.493 e. The summed E-state index contributed by atoms with van der Waals surface area (Å²) in [7, 11) is 3.00. The molecule has 0 saturated carbocycles. The molecule has 0 saturated heterocycles. The zero-order valence-electron chi connectivity index (χ0n) is 10.5. The van der Waals surface area contributed by atoms with Crippen LogP contribution >= 0.6 is 0 Å². The molecule has 1 aromatic carbocycles. The fraction of sp³-hybridized carbons (Fsp3) is 0.167. The number of nitrogen functional groups attached to an aromatic ring is 2. The second kappa shape index (κ2) is 4.97. The molecule has 2 rings (SSSR count). The number of methoxy groups -OCH3 is 2. The Morgan fingerprint density at radius 1 is 1.05 bits per heavy atom. The van der Waals surface area contributed by atoms with Crippen molar-refractivity contribution in [2.75, 3.05) is 25.7 Å². The lowest BCUT2D eigenvalue weighted by Crippen LogP contribution is -2.05. The first-order valence-corrected chi connectivity index (χ1v) is 5.37. The van der Waals surface area contributed by atoms with Gasteiger partial charge in [-0.25, -0.2) is 9.37 Å². The third kappa shape index (κ3) is 2.35. The number of benzene rings is 1. The summed E-state index contributed by atoms with van der Waals surface area (Å²) in [5.74, 6) is -0.126. The standard InChI is InChI=1S/C12H13FN4O2/c1-18-7-4-3-6(5-8(7)19-2)10-9(13)11(14)17-12(15)16-10/h3-5H,1-2H3,(H4,14,15,16,17). The van der Waals surface area contributed by atoms with E-state index in [-0.39, 0.29) is 17.5 Å².